The van der Waals surface area contributed by atoms with E-state index in [2.05, 4.69) is 5.32 Å². The zero-order valence-corrected chi connectivity index (χ0v) is 12.0. The summed E-state index contributed by atoms with van der Waals surface area (Å²) in [7, 11) is 0. The fourth-order valence-corrected chi connectivity index (χ4v) is 1.92. The van der Waals surface area contributed by atoms with Gasteiger partial charge < -0.3 is 15.2 Å². The lowest BCUT2D eigenvalue weighted by atomic mass is 10.1. The summed E-state index contributed by atoms with van der Waals surface area (Å²) in [6.07, 6.45) is -4.51. The second kappa shape index (κ2) is 7.32. The molecule has 0 saturated carbocycles. The predicted molar refractivity (Wildman–Crippen MR) is 77.8 cm³/mol. The van der Waals surface area contributed by atoms with Crippen molar-refractivity contribution in [2.75, 3.05) is 18.5 Å². The molecule has 23 heavy (non-hydrogen) atoms. The van der Waals surface area contributed by atoms with Gasteiger partial charge in [-0.3, -0.25) is 0 Å². The highest BCUT2D eigenvalue weighted by atomic mass is 19.4. The molecule has 2 rings (SSSR count). The number of hydrogen-bond acceptors (Lipinski definition) is 3. The van der Waals surface area contributed by atoms with Crippen LogP contribution in [0.5, 0.6) is 5.75 Å². The molecular formula is C16H15F4NO2. The van der Waals surface area contributed by atoms with Gasteiger partial charge in [0.15, 0.2) is 0 Å². The number of rotatable bonds is 6. The Morgan fingerprint density at radius 3 is 2.35 bits per heavy atom. The van der Waals surface area contributed by atoms with Gasteiger partial charge in [-0.15, -0.1) is 0 Å². The standard InChI is InChI=1S/C16H15F4NO2/c17-15-6-1-12(16(18,19)20)9-11(15)10-21-13-2-4-14(5-3-13)23-8-7-22/h1-6,9,21-22H,7-8,10H2. The molecule has 124 valence electrons. The summed E-state index contributed by atoms with van der Waals surface area (Å²) in [6, 6.07) is 8.90. The molecule has 0 radical (unpaired) electrons. The smallest absolute Gasteiger partial charge is 0.416 e. The molecule has 0 aliphatic rings. The minimum absolute atomic E-state index is 0.0690. The summed E-state index contributed by atoms with van der Waals surface area (Å²) < 4.78 is 56.7. The van der Waals surface area contributed by atoms with Gasteiger partial charge in [-0.25, -0.2) is 4.39 Å². The number of hydrogen-bond donors (Lipinski definition) is 2. The number of nitrogens with one attached hydrogen (secondary N) is 1. The predicted octanol–water partition coefficient (Wildman–Crippen LogP) is 3.83. The van der Waals surface area contributed by atoms with Crippen LogP contribution in [-0.4, -0.2) is 18.3 Å². The molecular weight excluding hydrogens is 314 g/mol. The van der Waals surface area contributed by atoms with Gasteiger partial charge in [0.25, 0.3) is 0 Å². The third kappa shape index (κ3) is 4.85. The summed E-state index contributed by atoms with van der Waals surface area (Å²) in [5, 5.41) is 11.5. The molecule has 0 amide bonds. The van der Waals surface area contributed by atoms with Gasteiger partial charge in [0.2, 0.25) is 0 Å². The summed E-state index contributed by atoms with van der Waals surface area (Å²) >= 11 is 0. The minimum atomic E-state index is -4.51. The third-order valence-electron chi connectivity index (χ3n) is 3.07. The average molecular weight is 329 g/mol. The van der Waals surface area contributed by atoms with Gasteiger partial charge >= 0.3 is 6.18 Å². The maximum atomic E-state index is 13.6. The van der Waals surface area contributed by atoms with Crippen LogP contribution in [0.2, 0.25) is 0 Å². The van der Waals surface area contributed by atoms with Crippen molar-refractivity contribution >= 4 is 5.69 Å². The van der Waals surface area contributed by atoms with Crippen molar-refractivity contribution in [3.05, 3.63) is 59.4 Å². The normalized spacial score (nSPS) is 11.3. The lowest BCUT2D eigenvalue weighted by Crippen LogP contribution is -2.08. The molecule has 0 aromatic heterocycles. The van der Waals surface area contributed by atoms with E-state index >= 15 is 0 Å². The molecule has 3 nitrogen and oxygen atoms in total. The van der Waals surface area contributed by atoms with E-state index in [4.69, 9.17) is 9.84 Å². The Hall–Kier alpha value is -2.28. The van der Waals surface area contributed by atoms with Gasteiger partial charge in [0, 0.05) is 17.8 Å². The van der Waals surface area contributed by atoms with Crippen molar-refractivity contribution < 1.29 is 27.4 Å². The van der Waals surface area contributed by atoms with Crippen LogP contribution in [0, 0.1) is 5.82 Å². The van der Waals surface area contributed by atoms with Crippen LogP contribution in [-0.2, 0) is 12.7 Å². The van der Waals surface area contributed by atoms with Crippen molar-refractivity contribution in [1.29, 1.82) is 0 Å². The number of ether oxygens (including phenoxy) is 1. The summed E-state index contributed by atoms with van der Waals surface area (Å²) in [5.74, 6) is -0.150. The summed E-state index contributed by atoms with van der Waals surface area (Å²) in [6.45, 7) is -0.0103. The molecule has 0 fully saturated rings. The number of halogens is 4. The van der Waals surface area contributed by atoms with Crippen molar-refractivity contribution in [3.63, 3.8) is 0 Å². The lowest BCUT2D eigenvalue weighted by molar-refractivity contribution is -0.137. The second-order valence-electron chi connectivity index (χ2n) is 4.75. The fraction of sp³-hybridized carbons (Fsp3) is 0.250. The number of aliphatic hydroxyl groups excluding tert-OH is 1. The molecule has 0 aliphatic heterocycles. The number of anilines is 1. The van der Waals surface area contributed by atoms with Gasteiger partial charge in [-0.2, -0.15) is 13.2 Å². The fourth-order valence-electron chi connectivity index (χ4n) is 1.92. The van der Waals surface area contributed by atoms with Crippen molar-refractivity contribution in [1.82, 2.24) is 0 Å². The molecule has 0 atom stereocenters. The highest BCUT2D eigenvalue weighted by Gasteiger charge is 2.30. The Labute approximate surface area is 130 Å². The zero-order valence-electron chi connectivity index (χ0n) is 12.0. The molecule has 2 aromatic carbocycles. The molecule has 2 N–H and O–H groups in total. The topological polar surface area (TPSA) is 41.5 Å². The molecule has 0 unspecified atom stereocenters. The lowest BCUT2D eigenvalue weighted by Gasteiger charge is -2.12. The first-order chi connectivity index (χ1) is 10.9. The van der Waals surface area contributed by atoms with Crippen LogP contribution in [0.3, 0.4) is 0 Å². The maximum Gasteiger partial charge on any atom is 0.416 e. The quantitative estimate of drug-likeness (QED) is 0.792. The largest absolute Gasteiger partial charge is 0.491 e. The van der Waals surface area contributed by atoms with Crippen LogP contribution in [0.1, 0.15) is 11.1 Å². The van der Waals surface area contributed by atoms with Crippen LogP contribution in [0.15, 0.2) is 42.5 Å². The summed E-state index contributed by atoms with van der Waals surface area (Å²) in [4.78, 5) is 0. The first-order valence-electron chi connectivity index (χ1n) is 6.83. The van der Waals surface area contributed by atoms with Crippen LogP contribution >= 0.6 is 0 Å². The third-order valence-corrected chi connectivity index (χ3v) is 3.07. The Bertz CT molecular complexity index is 642. The van der Waals surface area contributed by atoms with Crippen molar-refractivity contribution in [2.45, 2.75) is 12.7 Å². The first-order valence-corrected chi connectivity index (χ1v) is 6.83. The monoisotopic (exact) mass is 329 g/mol. The van der Waals surface area contributed by atoms with E-state index in [1.54, 1.807) is 24.3 Å². The second-order valence-corrected chi connectivity index (χ2v) is 4.75. The highest BCUT2D eigenvalue weighted by Crippen LogP contribution is 2.30. The number of aliphatic hydroxyl groups is 1. The van der Waals surface area contributed by atoms with E-state index in [9.17, 15) is 17.6 Å². The van der Waals surface area contributed by atoms with Gasteiger partial charge in [0.1, 0.15) is 18.2 Å². The Morgan fingerprint density at radius 2 is 1.74 bits per heavy atom. The van der Waals surface area contributed by atoms with Crippen LogP contribution in [0.4, 0.5) is 23.2 Å². The molecule has 7 heteroatoms. The number of benzene rings is 2. The molecule has 0 bridgehead atoms. The number of alkyl halides is 3. The van der Waals surface area contributed by atoms with Crippen LogP contribution in [0.25, 0.3) is 0 Å². The Morgan fingerprint density at radius 1 is 1.04 bits per heavy atom. The van der Waals surface area contributed by atoms with E-state index in [0.29, 0.717) is 17.5 Å². The average Bonchev–Trinajstić information content (AvgIpc) is 2.52. The highest BCUT2D eigenvalue weighted by molar-refractivity contribution is 5.47. The minimum Gasteiger partial charge on any atom is -0.491 e. The van der Waals surface area contributed by atoms with Crippen molar-refractivity contribution in [2.24, 2.45) is 0 Å². The first kappa shape index (κ1) is 17.1. The molecule has 2 aromatic rings. The molecule has 0 aliphatic carbocycles. The van der Waals surface area contributed by atoms with Gasteiger partial charge in [-0.05, 0) is 42.5 Å². The van der Waals surface area contributed by atoms with Crippen LogP contribution < -0.4 is 10.1 Å². The van der Waals surface area contributed by atoms with E-state index in [-0.39, 0.29) is 25.3 Å². The van der Waals surface area contributed by atoms with Gasteiger partial charge in [-0.1, -0.05) is 0 Å². The maximum absolute atomic E-state index is 13.6. The SMILES string of the molecule is OCCOc1ccc(NCc2cc(C(F)(F)F)ccc2F)cc1. The Balaban J connectivity index is 2.03. The zero-order chi connectivity index (χ0) is 16.9. The summed E-state index contributed by atoms with van der Waals surface area (Å²) in [5.41, 5.74) is -0.345. The Kier molecular flexibility index (Phi) is 5.44. The molecule has 0 saturated heterocycles. The van der Waals surface area contributed by atoms with E-state index < -0.39 is 17.6 Å². The molecule has 0 heterocycles. The van der Waals surface area contributed by atoms with E-state index in [0.717, 1.165) is 12.1 Å². The molecule has 0 spiro atoms. The van der Waals surface area contributed by atoms with E-state index in [1.165, 1.54) is 0 Å². The van der Waals surface area contributed by atoms with Crippen molar-refractivity contribution in [3.8, 4) is 5.75 Å². The van der Waals surface area contributed by atoms with Gasteiger partial charge in [0.05, 0.1) is 12.2 Å². The van der Waals surface area contributed by atoms with E-state index in [1.807, 2.05) is 0 Å².